The van der Waals surface area contributed by atoms with Gasteiger partial charge in [-0.15, -0.1) is 0 Å². The van der Waals surface area contributed by atoms with Crippen LogP contribution >= 0.6 is 0 Å². The van der Waals surface area contributed by atoms with Crippen LogP contribution in [0, 0.1) is 0 Å². The summed E-state index contributed by atoms with van der Waals surface area (Å²) in [6.07, 6.45) is 1.70. The molecule has 4 aromatic rings. The number of nitrogens with zero attached hydrogens (tertiary/aromatic N) is 2. The summed E-state index contributed by atoms with van der Waals surface area (Å²) in [6, 6.07) is 27.7. The summed E-state index contributed by atoms with van der Waals surface area (Å²) in [6.45, 7) is 0. The number of amides is 1. The molecule has 136 valence electrons. The average Bonchev–Trinajstić information content (AvgIpc) is 3.19. The number of hydrogen-bond donors (Lipinski definition) is 1. The second-order valence-corrected chi connectivity index (χ2v) is 6.41. The summed E-state index contributed by atoms with van der Waals surface area (Å²) >= 11 is 0. The molecule has 0 atom stereocenters. The van der Waals surface area contributed by atoms with Crippen molar-refractivity contribution in [1.82, 2.24) is 14.9 Å². The van der Waals surface area contributed by atoms with Crippen LogP contribution < -0.4 is 0 Å². The van der Waals surface area contributed by atoms with Gasteiger partial charge >= 0.3 is 0 Å². The number of H-pyrrole nitrogens is 1. The lowest BCUT2D eigenvalue weighted by atomic mass is 9.90. The molecule has 1 heterocycles. The highest BCUT2D eigenvalue weighted by molar-refractivity contribution is 5.86. The van der Waals surface area contributed by atoms with Crippen LogP contribution in [0.3, 0.4) is 0 Å². The number of carbonyl (C=O) groups is 1. The molecule has 4 heteroatoms. The summed E-state index contributed by atoms with van der Waals surface area (Å²) in [5.74, 6) is -0.116. The second kappa shape index (κ2) is 8.81. The van der Waals surface area contributed by atoms with Crippen molar-refractivity contribution in [3.05, 3.63) is 102 Å². The van der Waals surface area contributed by atoms with Crippen LogP contribution in [0.5, 0.6) is 0 Å². The molecule has 0 unspecified atom stereocenters. The van der Waals surface area contributed by atoms with Gasteiger partial charge in [0, 0.05) is 14.1 Å². The van der Waals surface area contributed by atoms with E-state index in [0.717, 1.165) is 22.2 Å². The topological polar surface area (TPSA) is 49.0 Å². The van der Waals surface area contributed by atoms with Crippen molar-refractivity contribution in [1.29, 1.82) is 0 Å². The number of likely N-dealkylation sites (N-methyl/N-ethyl adjacent to an activating group) is 1. The number of rotatable bonds is 3. The molecule has 0 saturated carbocycles. The Morgan fingerprint density at radius 1 is 0.815 bits per heavy atom. The van der Waals surface area contributed by atoms with Gasteiger partial charge in [-0.2, -0.15) is 0 Å². The van der Waals surface area contributed by atoms with Gasteiger partial charge in [0.25, 0.3) is 0 Å². The molecule has 0 bridgehead atoms. The molecule has 0 fully saturated rings. The zero-order chi connectivity index (χ0) is 19.1. The van der Waals surface area contributed by atoms with Crippen LogP contribution in [0.2, 0.25) is 0 Å². The first-order chi connectivity index (χ1) is 13.2. The van der Waals surface area contributed by atoms with Crippen molar-refractivity contribution in [2.24, 2.45) is 0 Å². The Morgan fingerprint density at radius 2 is 1.33 bits per heavy atom. The highest BCUT2D eigenvalue weighted by atomic mass is 16.2. The van der Waals surface area contributed by atoms with E-state index in [1.807, 2.05) is 84.9 Å². The maximum absolute atomic E-state index is 12.4. The van der Waals surface area contributed by atoms with Crippen LogP contribution in [-0.4, -0.2) is 34.9 Å². The van der Waals surface area contributed by atoms with Crippen molar-refractivity contribution in [3.63, 3.8) is 0 Å². The standard InChI is InChI=1S/C16H17NO.C7H6N2/c1-17(2)16(18)15(13-9-5-3-6-10-13)14-11-7-4-8-12-14;1-2-4-7-6(3-1)8-5-9-7/h3-12,15H,1-2H3;1-5H,(H,8,9). The van der Waals surface area contributed by atoms with Gasteiger partial charge in [-0.3, -0.25) is 4.79 Å². The highest BCUT2D eigenvalue weighted by Crippen LogP contribution is 2.25. The van der Waals surface area contributed by atoms with E-state index in [2.05, 4.69) is 9.97 Å². The second-order valence-electron chi connectivity index (χ2n) is 6.41. The predicted octanol–water partition coefficient (Wildman–Crippen LogP) is 4.47. The molecule has 0 saturated heterocycles. The lowest BCUT2D eigenvalue weighted by molar-refractivity contribution is -0.129. The zero-order valence-corrected chi connectivity index (χ0v) is 15.5. The maximum atomic E-state index is 12.4. The van der Waals surface area contributed by atoms with Gasteiger partial charge in [0.1, 0.15) is 0 Å². The molecule has 0 radical (unpaired) electrons. The zero-order valence-electron chi connectivity index (χ0n) is 15.5. The smallest absolute Gasteiger partial charge is 0.234 e. The summed E-state index contributed by atoms with van der Waals surface area (Å²) in [4.78, 5) is 21.1. The van der Waals surface area contributed by atoms with Crippen molar-refractivity contribution < 1.29 is 4.79 Å². The molecule has 0 aliphatic heterocycles. The first kappa shape index (κ1) is 18.4. The minimum absolute atomic E-state index is 0.104. The maximum Gasteiger partial charge on any atom is 0.234 e. The van der Waals surface area contributed by atoms with E-state index in [9.17, 15) is 4.79 Å². The Morgan fingerprint density at radius 3 is 1.85 bits per heavy atom. The number of fused-ring (bicyclic) bond motifs is 1. The van der Waals surface area contributed by atoms with Gasteiger partial charge in [0.05, 0.1) is 23.3 Å². The van der Waals surface area contributed by atoms with Gasteiger partial charge in [0.15, 0.2) is 0 Å². The molecule has 1 N–H and O–H groups in total. The minimum atomic E-state index is -0.220. The SMILES string of the molecule is CN(C)C(=O)C(c1ccccc1)c1ccccc1.c1ccc2[nH]cnc2c1. The third-order valence-corrected chi connectivity index (χ3v) is 4.28. The summed E-state index contributed by atoms with van der Waals surface area (Å²) in [7, 11) is 3.59. The Bertz CT molecular complexity index is 908. The van der Waals surface area contributed by atoms with E-state index in [-0.39, 0.29) is 11.8 Å². The van der Waals surface area contributed by atoms with E-state index in [1.54, 1.807) is 25.3 Å². The molecule has 0 spiro atoms. The van der Waals surface area contributed by atoms with Crippen LogP contribution in [-0.2, 0) is 4.79 Å². The van der Waals surface area contributed by atoms with Gasteiger partial charge in [-0.1, -0.05) is 72.8 Å². The quantitative estimate of drug-likeness (QED) is 0.588. The van der Waals surface area contributed by atoms with Crippen molar-refractivity contribution in [2.75, 3.05) is 14.1 Å². The van der Waals surface area contributed by atoms with Gasteiger partial charge < -0.3 is 9.88 Å². The van der Waals surface area contributed by atoms with E-state index in [1.165, 1.54) is 0 Å². The largest absolute Gasteiger partial charge is 0.348 e. The molecule has 3 aromatic carbocycles. The number of aromatic nitrogens is 2. The van der Waals surface area contributed by atoms with Gasteiger partial charge in [0.2, 0.25) is 5.91 Å². The molecule has 4 rings (SSSR count). The predicted molar refractivity (Wildman–Crippen MR) is 110 cm³/mol. The minimum Gasteiger partial charge on any atom is -0.348 e. The van der Waals surface area contributed by atoms with Crippen LogP contribution in [0.15, 0.2) is 91.3 Å². The lowest BCUT2D eigenvalue weighted by Gasteiger charge is -2.21. The molecule has 0 aliphatic rings. The Hall–Kier alpha value is -3.40. The number of benzene rings is 3. The van der Waals surface area contributed by atoms with E-state index < -0.39 is 0 Å². The van der Waals surface area contributed by atoms with E-state index >= 15 is 0 Å². The number of imidazole rings is 1. The van der Waals surface area contributed by atoms with Crippen molar-refractivity contribution in [3.8, 4) is 0 Å². The number of aromatic amines is 1. The molecular weight excluding hydrogens is 334 g/mol. The molecular formula is C23H23N3O. The third kappa shape index (κ3) is 4.61. The highest BCUT2D eigenvalue weighted by Gasteiger charge is 2.23. The van der Waals surface area contributed by atoms with Gasteiger partial charge in [-0.05, 0) is 23.3 Å². The normalized spacial score (nSPS) is 10.3. The number of para-hydroxylation sites is 2. The van der Waals surface area contributed by atoms with E-state index in [4.69, 9.17) is 0 Å². The number of nitrogens with one attached hydrogen (secondary N) is 1. The summed E-state index contributed by atoms with van der Waals surface area (Å²) < 4.78 is 0. The van der Waals surface area contributed by atoms with Gasteiger partial charge in [-0.25, -0.2) is 4.98 Å². The third-order valence-electron chi connectivity index (χ3n) is 4.28. The molecule has 1 aromatic heterocycles. The summed E-state index contributed by atoms with van der Waals surface area (Å²) in [5.41, 5.74) is 4.18. The molecule has 27 heavy (non-hydrogen) atoms. The molecule has 1 amide bonds. The fourth-order valence-corrected chi connectivity index (χ4v) is 2.91. The average molecular weight is 357 g/mol. The van der Waals surface area contributed by atoms with Crippen molar-refractivity contribution >= 4 is 16.9 Å². The first-order valence-electron chi connectivity index (χ1n) is 8.86. The fourth-order valence-electron chi connectivity index (χ4n) is 2.91. The summed E-state index contributed by atoms with van der Waals surface area (Å²) in [5, 5.41) is 0. The lowest BCUT2D eigenvalue weighted by Crippen LogP contribution is -2.28. The fraction of sp³-hybridized carbons (Fsp3) is 0.130. The number of carbonyl (C=O) groups excluding carboxylic acids is 1. The van der Waals surface area contributed by atoms with Crippen LogP contribution in [0.25, 0.3) is 11.0 Å². The first-order valence-corrected chi connectivity index (χ1v) is 8.86. The molecule has 4 nitrogen and oxygen atoms in total. The van der Waals surface area contributed by atoms with Crippen molar-refractivity contribution in [2.45, 2.75) is 5.92 Å². The van der Waals surface area contributed by atoms with Crippen LogP contribution in [0.4, 0.5) is 0 Å². The number of hydrogen-bond acceptors (Lipinski definition) is 2. The molecule has 0 aliphatic carbocycles. The van der Waals surface area contributed by atoms with Crippen LogP contribution in [0.1, 0.15) is 17.0 Å². The Labute approximate surface area is 159 Å². The Balaban J connectivity index is 0.000000193. The Kier molecular flexibility index (Phi) is 6.00. The monoisotopic (exact) mass is 357 g/mol. The van der Waals surface area contributed by atoms with E-state index in [0.29, 0.717) is 0 Å².